The minimum absolute atomic E-state index is 0.0150. The second kappa shape index (κ2) is 4.25. The molecule has 98 valence electrons. The molecular weight excluding hydrogens is 228 g/mol. The molecule has 0 aromatic heterocycles. The van der Waals surface area contributed by atoms with Crippen LogP contribution in [-0.2, 0) is 11.2 Å². The van der Waals surface area contributed by atoms with Crippen molar-refractivity contribution in [3.05, 3.63) is 29.3 Å². The molecule has 3 heteroatoms. The molecule has 2 unspecified atom stereocenters. The molecule has 1 aromatic carbocycles. The third-order valence-electron chi connectivity index (χ3n) is 3.88. The van der Waals surface area contributed by atoms with Crippen LogP contribution in [0.4, 0.5) is 0 Å². The van der Waals surface area contributed by atoms with Gasteiger partial charge in [-0.2, -0.15) is 0 Å². The number of ether oxygens (including phenoxy) is 2. The largest absolute Gasteiger partial charge is 0.487 e. The number of para-hydroxylation sites is 1. The second-order valence-corrected chi connectivity index (χ2v) is 5.90. The van der Waals surface area contributed by atoms with Gasteiger partial charge in [-0.05, 0) is 25.8 Å². The van der Waals surface area contributed by atoms with Crippen molar-refractivity contribution in [1.29, 1.82) is 0 Å². The Kier molecular flexibility index (Phi) is 2.83. The molecule has 0 amide bonds. The van der Waals surface area contributed by atoms with E-state index < -0.39 is 0 Å². The van der Waals surface area contributed by atoms with Crippen LogP contribution in [0, 0.1) is 5.92 Å². The number of hydrogen-bond donors (Lipinski definition) is 1. The van der Waals surface area contributed by atoms with Gasteiger partial charge in [0, 0.05) is 31.1 Å². The Hall–Kier alpha value is -1.06. The molecule has 2 aliphatic heterocycles. The zero-order valence-electron chi connectivity index (χ0n) is 11.0. The Morgan fingerprint density at radius 1 is 1.39 bits per heavy atom. The van der Waals surface area contributed by atoms with E-state index in [1.165, 1.54) is 5.56 Å². The Labute approximate surface area is 108 Å². The average Bonchev–Trinajstić information content (AvgIpc) is 2.89. The molecule has 1 saturated heterocycles. The molecule has 1 fully saturated rings. The molecule has 1 N–H and O–H groups in total. The van der Waals surface area contributed by atoms with Crippen molar-refractivity contribution in [2.75, 3.05) is 13.2 Å². The summed E-state index contributed by atoms with van der Waals surface area (Å²) in [5.74, 6) is 1.18. The van der Waals surface area contributed by atoms with Gasteiger partial charge < -0.3 is 14.6 Å². The molecule has 0 spiro atoms. The number of benzene rings is 1. The van der Waals surface area contributed by atoms with Gasteiger partial charge in [-0.15, -0.1) is 0 Å². The summed E-state index contributed by atoms with van der Waals surface area (Å²) in [5.41, 5.74) is 2.23. The molecular formula is C15H20O3. The quantitative estimate of drug-likeness (QED) is 0.873. The van der Waals surface area contributed by atoms with E-state index in [2.05, 4.69) is 32.0 Å². The third kappa shape index (κ3) is 1.91. The first-order valence-corrected chi connectivity index (χ1v) is 6.64. The van der Waals surface area contributed by atoms with Crippen LogP contribution in [0.5, 0.6) is 5.75 Å². The van der Waals surface area contributed by atoms with Crippen LogP contribution in [0.3, 0.4) is 0 Å². The Morgan fingerprint density at radius 2 is 2.22 bits per heavy atom. The van der Waals surface area contributed by atoms with Crippen LogP contribution in [0.1, 0.15) is 37.5 Å². The molecule has 1 aromatic rings. The van der Waals surface area contributed by atoms with Gasteiger partial charge in [-0.3, -0.25) is 0 Å². The van der Waals surface area contributed by atoms with Crippen molar-refractivity contribution in [3.8, 4) is 5.75 Å². The van der Waals surface area contributed by atoms with E-state index >= 15 is 0 Å². The lowest BCUT2D eigenvalue weighted by Crippen LogP contribution is -2.25. The zero-order valence-corrected chi connectivity index (χ0v) is 11.0. The van der Waals surface area contributed by atoms with E-state index in [1.54, 1.807) is 0 Å². The van der Waals surface area contributed by atoms with Crippen LogP contribution < -0.4 is 4.74 Å². The van der Waals surface area contributed by atoms with E-state index in [0.717, 1.165) is 30.8 Å². The second-order valence-electron chi connectivity index (χ2n) is 5.90. The highest BCUT2D eigenvalue weighted by molar-refractivity contribution is 5.47. The van der Waals surface area contributed by atoms with Crippen LogP contribution in [0.25, 0.3) is 0 Å². The fourth-order valence-electron chi connectivity index (χ4n) is 3.03. The van der Waals surface area contributed by atoms with Gasteiger partial charge in [-0.25, -0.2) is 0 Å². The maximum atomic E-state index is 9.43. The number of rotatable bonds is 2. The normalized spacial score (nSPS) is 29.1. The van der Waals surface area contributed by atoms with E-state index in [1.807, 2.05) is 0 Å². The van der Waals surface area contributed by atoms with Crippen molar-refractivity contribution in [2.45, 2.75) is 38.4 Å². The maximum Gasteiger partial charge on any atom is 0.129 e. The number of aliphatic hydroxyl groups is 1. The summed E-state index contributed by atoms with van der Waals surface area (Å²) in [5, 5.41) is 9.43. The molecule has 2 aliphatic rings. The SMILES string of the molecule is CC1(C)Cc2cccc(C3OCCC3CO)c2O1. The van der Waals surface area contributed by atoms with Crippen molar-refractivity contribution in [2.24, 2.45) is 5.92 Å². The Morgan fingerprint density at radius 3 is 3.00 bits per heavy atom. The Bertz CT molecular complexity index is 453. The van der Waals surface area contributed by atoms with E-state index in [0.29, 0.717) is 0 Å². The first-order chi connectivity index (χ1) is 8.61. The van der Waals surface area contributed by atoms with Crippen molar-refractivity contribution in [1.82, 2.24) is 0 Å². The van der Waals surface area contributed by atoms with Gasteiger partial charge in [0.15, 0.2) is 0 Å². The summed E-state index contributed by atoms with van der Waals surface area (Å²) in [6, 6.07) is 6.25. The highest BCUT2D eigenvalue weighted by Crippen LogP contribution is 2.45. The number of fused-ring (bicyclic) bond motifs is 1. The van der Waals surface area contributed by atoms with E-state index in [4.69, 9.17) is 9.47 Å². The van der Waals surface area contributed by atoms with Gasteiger partial charge >= 0.3 is 0 Å². The fourth-order valence-corrected chi connectivity index (χ4v) is 3.03. The summed E-state index contributed by atoms with van der Waals surface area (Å²) >= 11 is 0. The molecule has 2 atom stereocenters. The lowest BCUT2D eigenvalue weighted by molar-refractivity contribution is 0.0657. The lowest BCUT2D eigenvalue weighted by atomic mass is 9.93. The van der Waals surface area contributed by atoms with E-state index in [9.17, 15) is 5.11 Å². The summed E-state index contributed by atoms with van der Waals surface area (Å²) in [4.78, 5) is 0. The van der Waals surface area contributed by atoms with Gasteiger partial charge in [0.25, 0.3) is 0 Å². The summed E-state index contributed by atoms with van der Waals surface area (Å²) in [7, 11) is 0. The van der Waals surface area contributed by atoms with Crippen molar-refractivity contribution in [3.63, 3.8) is 0 Å². The molecule has 3 rings (SSSR count). The summed E-state index contributed by atoms with van der Waals surface area (Å²) in [6.07, 6.45) is 1.85. The predicted molar refractivity (Wildman–Crippen MR) is 68.7 cm³/mol. The average molecular weight is 248 g/mol. The molecule has 2 heterocycles. The smallest absolute Gasteiger partial charge is 0.129 e. The Balaban J connectivity index is 1.97. The lowest BCUT2D eigenvalue weighted by Gasteiger charge is -2.22. The molecule has 18 heavy (non-hydrogen) atoms. The minimum atomic E-state index is -0.133. The van der Waals surface area contributed by atoms with Crippen LogP contribution in [0.15, 0.2) is 18.2 Å². The predicted octanol–water partition coefficient (Wildman–Crippen LogP) is 2.47. The third-order valence-corrected chi connectivity index (χ3v) is 3.88. The molecule has 3 nitrogen and oxygen atoms in total. The monoisotopic (exact) mass is 248 g/mol. The molecule has 0 saturated carbocycles. The number of aliphatic hydroxyl groups excluding tert-OH is 1. The summed E-state index contributed by atoms with van der Waals surface area (Å²) in [6.45, 7) is 5.12. The molecule has 0 bridgehead atoms. The van der Waals surface area contributed by atoms with Crippen LogP contribution in [-0.4, -0.2) is 23.9 Å². The maximum absolute atomic E-state index is 9.43. The molecule has 0 radical (unpaired) electrons. The van der Waals surface area contributed by atoms with Gasteiger partial charge in [0.05, 0.1) is 6.10 Å². The van der Waals surface area contributed by atoms with Gasteiger partial charge in [-0.1, -0.05) is 18.2 Å². The highest BCUT2D eigenvalue weighted by Gasteiger charge is 2.37. The first kappa shape index (κ1) is 12.0. The van der Waals surface area contributed by atoms with E-state index in [-0.39, 0.29) is 24.2 Å². The topological polar surface area (TPSA) is 38.7 Å². The fraction of sp³-hybridized carbons (Fsp3) is 0.600. The van der Waals surface area contributed by atoms with Crippen molar-refractivity contribution >= 4 is 0 Å². The first-order valence-electron chi connectivity index (χ1n) is 6.64. The highest BCUT2D eigenvalue weighted by atomic mass is 16.5. The minimum Gasteiger partial charge on any atom is -0.487 e. The number of hydrogen-bond acceptors (Lipinski definition) is 3. The summed E-state index contributed by atoms with van der Waals surface area (Å²) < 4.78 is 11.9. The van der Waals surface area contributed by atoms with Gasteiger partial charge in [0.1, 0.15) is 11.4 Å². The zero-order chi connectivity index (χ0) is 12.8. The van der Waals surface area contributed by atoms with Crippen LogP contribution >= 0.6 is 0 Å². The van der Waals surface area contributed by atoms with Crippen molar-refractivity contribution < 1.29 is 14.6 Å². The standard InChI is InChI=1S/C15H20O3/c1-15(2)8-10-4-3-5-12(14(10)18-15)13-11(9-16)6-7-17-13/h3-5,11,13,16H,6-9H2,1-2H3. The van der Waals surface area contributed by atoms with Crippen LogP contribution in [0.2, 0.25) is 0 Å². The van der Waals surface area contributed by atoms with Gasteiger partial charge in [0.2, 0.25) is 0 Å². The molecule has 0 aliphatic carbocycles.